The maximum absolute atomic E-state index is 13.8. The third kappa shape index (κ3) is 3.02. The monoisotopic (exact) mass is 369 g/mol. The smallest absolute Gasteiger partial charge is 0.257 e. The van der Waals surface area contributed by atoms with Crippen molar-refractivity contribution in [2.45, 2.75) is 25.9 Å². The second-order valence-corrected chi connectivity index (χ2v) is 6.78. The van der Waals surface area contributed by atoms with Crippen LogP contribution in [0.5, 0.6) is 0 Å². The van der Waals surface area contributed by atoms with Gasteiger partial charge in [-0.15, -0.1) is 0 Å². The SMILES string of the molecule is CC(C)[C@@H]1NC(=O)[C@H]2CN(C(=O)c3cc(F)c(F)cc3F)CCN2C1=O. The summed E-state index contributed by atoms with van der Waals surface area (Å²) in [5.41, 5.74) is -0.611. The van der Waals surface area contributed by atoms with Crippen LogP contribution in [0.15, 0.2) is 12.1 Å². The van der Waals surface area contributed by atoms with Crippen molar-refractivity contribution in [2.75, 3.05) is 19.6 Å². The first-order valence-electron chi connectivity index (χ1n) is 8.25. The normalized spacial score (nSPS) is 23.2. The Balaban J connectivity index is 1.80. The summed E-state index contributed by atoms with van der Waals surface area (Å²) in [6, 6.07) is -0.698. The molecule has 2 aliphatic rings. The van der Waals surface area contributed by atoms with Crippen molar-refractivity contribution < 1.29 is 27.6 Å². The van der Waals surface area contributed by atoms with E-state index in [9.17, 15) is 27.6 Å². The van der Waals surface area contributed by atoms with Crippen molar-refractivity contribution in [3.05, 3.63) is 35.1 Å². The fourth-order valence-corrected chi connectivity index (χ4v) is 3.25. The Morgan fingerprint density at radius 1 is 1.12 bits per heavy atom. The van der Waals surface area contributed by atoms with Crippen LogP contribution in [0.3, 0.4) is 0 Å². The number of piperazine rings is 2. The Labute approximate surface area is 147 Å². The zero-order valence-electron chi connectivity index (χ0n) is 14.3. The molecule has 0 saturated carbocycles. The average molecular weight is 369 g/mol. The number of nitrogens with one attached hydrogen (secondary N) is 1. The van der Waals surface area contributed by atoms with Crippen LogP contribution in [0.25, 0.3) is 0 Å². The van der Waals surface area contributed by atoms with Gasteiger partial charge in [-0.1, -0.05) is 13.8 Å². The molecular weight excluding hydrogens is 351 g/mol. The third-order valence-electron chi connectivity index (χ3n) is 4.72. The highest BCUT2D eigenvalue weighted by atomic mass is 19.2. The summed E-state index contributed by atoms with van der Waals surface area (Å²) in [4.78, 5) is 39.9. The van der Waals surface area contributed by atoms with Crippen LogP contribution < -0.4 is 5.32 Å². The summed E-state index contributed by atoms with van der Waals surface area (Å²) in [5.74, 6) is -5.46. The van der Waals surface area contributed by atoms with Gasteiger partial charge in [0.15, 0.2) is 11.6 Å². The molecule has 0 radical (unpaired) electrons. The predicted molar refractivity (Wildman–Crippen MR) is 84.5 cm³/mol. The second kappa shape index (κ2) is 6.62. The fourth-order valence-electron chi connectivity index (χ4n) is 3.25. The number of carbonyl (C=O) groups is 3. The minimum Gasteiger partial charge on any atom is -0.342 e. The highest BCUT2D eigenvalue weighted by Crippen LogP contribution is 2.22. The van der Waals surface area contributed by atoms with Gasteiger partial charge < -0.3 is 15.1 Å². The summed E-state index contributed by atoms with van der Waals surface area (Å²) in [6.07, 6.45) is 0. The number of amides is 3. The van der Waals surface area contributed by atoms with E-state index in [2.05, 4.69) is 5.32 Å². The first kappa shape index (κ1) is 18.2. The number of benzene rings is 1. The van der Waals surface area contributed by atoms with E-state index in [0.29, 0.717) is 12.1 Å². The van der Waals surface area contributed by atoms with E-state index in [-0.39, 0.29) is 31.5 Å². The lowest BCUT2D eigenvalue weighted by atomic mass is 9.96. The Morgan fingerprint density at radius 3 is 2.42 bits per heavy atom. The van der Waals surface area contributed by atoms with E-state index < -0.39 is 46.9 Å². The molecule has 3 amide bonds. The van der Waals surface area contributed by atoms with E-state index in [1.165, 1.54) is 9.80 Å². The largest absolute Gasteiger partial charge is 0.342 e. The summed E-state index contributed by atoms with van der Waals surface area (Å²) in [7, 11) is 0. The fraction of sp³-hybridized carbons (Fsp3) is 0.471. The quantitative estimate of drug-likeness (QED) is 0.788. The molecule has 0 aromatic heterocycles. The molecule has 0 bridgehead atoms. The van der Waals surface area contributed by atoms with Gasteiger partial charge in [-0.3, -0.25) is 14.4 Å². The Morgan fingerprint density at radius 2 is 1.77 bits per heavy atom. The van der Waals surface area contributed by atoms with Gasteiger partial charge in [0.2, 0.25) is 11.8 Å². The minimum absolute atomic E-state index is 0.0671. The number of hydrogen-bond donors (Lipinski definition) is 1. The minimum atomic E-state index is -1.39. The Kier molecular flexibility index (Phi) is 4.64. The Hall–Kier alpha value is -2.58. The summed E-state index contributed by atoms with van der Waals surface area (Å²) in [5, 5.41) is 2.64. The average Bonchev–Trinajstić information content (AvgIpc) is 2.60. The highest BCUT2D eigenvalue weighted by molar-refractivity contribution is 5.99. The number of carbonyl (C=O) groups excluding carboxylic acids is 3. The van der Waals surface area contributed by atoms with E-state index in [0.717, 1.165) is 0 Å². The van der Waals surface area contributed by atoms with Crippen molar-refractivity contribution >= 4 is 17.7 Å². The van der Waals surface area contributed by atoms with Gasteiger partial charge in [0.05, 0.1) is 12.1 Å². The van der Waals surface area contributed by atoms with Crippen LogP contribution in [0, 0.1) is 23.4 Å². The standard InChI is InChI=1S/C17H18F3N3O3/c1-8(2)14-17(26)23-4-3-22(7-13(23)15(24)21-14)16(25)9-5-11(19)12(20)6-10(9)18/h5-6,8,13-14H,3-4,7H2,1-2H3,(H,21,24)/t13-,14+/m1/s1. The molecular formula is C17H18F3N3O3. The van der Waals surface area contributed by atoms with Gasteiger partial charge in [0.25, 0.3) is 5.91 Å². The Bertz CT molecular complexity index is 784. The molecule has 0 aliphatic carbocycles. The van der Waals surface area contributed by atoms with E-state index in [1.807, 2.05) is 13.8 Å². The molecule has 140 valence electrons. The maximum atomic E-state index is 13.8. The van der Waals surface area contributed by atoms with Crippen molar-refractivity contribution in [3.63, 3.8) is 0 Å². The van der Waals surface area contributed by atoms with Crippen LogP contribution in [-0.4, -0.2) is 59.2 Å². The van der Waals surface area contributed by atoms with E-state index in [1.54, 1.807) is 0 Å². The number of hydrogen-bond acceptors (Lipinski definition) is 3. The number of nitrogens with zero attached hydrogens (tertiary/aromatic N) is 2. The molecule has 3 rings (SSSR count). The van der Waals surface area contributed by atoms with Gasteiger partial charge in [0.1, 0.15) is 17.9 Å². The van der Waals surface area contributed by atoms with Gasteiger partial charge in [-0.25, -0.2) is 13.2 Å². The number of fused-ring (bicyclic) bond motifs is 1. The zero-order chi connectivity index (χ0) is 19.2. The highest BCUT2D eigenvalue weighted by Gasteiger charge is 2.45. The lowest BCUT2D eigenvalue weighted by molar-refractivity contribution is -0.153. The molecule has 1 N–H and O–H groups in total. The first-order valence-corrected chi connectivity index (χ1v) is 8.25. The molecule has 2 atom stereocenters. The summed E-state index contributed by atoms with van der Waals surface area (Å²) >= 11 is 0. The predicted octanol–water partition coefficient (Wildman–Crippen LogP) is 0.911. The molecule has 0 spiro atoms. The topological polar surface area (TPSA) is 69.7 Å². The van der Waals surface area contributed by atoms with E-state index >= 15 is 0 Å². The lowest BCUT2D eigenvalue weighted by Gasteiger charge is -2.46. The lowest BCUT2D eigenvalue weighted by Crippen LogP contribution is -2.70. The molecule has 2 heterocycles. The molecule has 26 heavy (non-hydrogen) atoms. The van der Waals surface area contributed by atoms with Crippen LogP contribution in [0.2, 0.25) is 0 Å². The molecule has 1 aromatic carbocycles. The summed E-state index contributed by atoms with van der Waals surface area (Å²) in [6.45, 7) is 3.66. The van der Waals surface area contributed by atoms with Crippen molar-refractivity contribution in [1.29, 1.82) is 0 Å². The van der Waals surface area contributed by atoms with Gasteiger partial charge in [-0.2, -0.15) is 0 Å². The first-order chi connectivity index (χ1) is 12.2. The van der Waals surface area contributed by atoms with Gasteiger partial charge in [-0.05, 0) is 12.0 Å². The van der Waals surface area contributed by atoms with Crippen molar-refractivity contribution in [1.82, 2.24) is 15.1 Å². The van der Waals surface area contributed by atoms with Crippen LogP contribution in [0.4, 0.5) is 13.2 Å². The molecule has 2 saturated heterocycles. The van der Waals surface area contributed by atoms with Crippen LogP contribution in [0.1, 0.15) is 24.2 Å². The van der Waals surface area contributed by atoms with Crippen molar-refractivity contribution in [3.8, 4) is 0 Å². The maximum Gasteiger partial charge on any atom is 0.257 e. The van der Waals surface area contributed by atoms with E-state index in [4.69, 9.17) is 0 Å². The number of halogens is 3. The summed E-state index contributed by atoms with van der Waals surface area (Å²) < 4.78 is 40.3. The molecule has 0 unspecified atom stereocenters. The second-order valence-electron chi connectivity index (χ2n) is 6.78. The van der Waals surface area contributed by atoms with Crippen molar-refractivity contribution in [2.24, 2.45) is 5.92 Å². The zero-order valence-corrected chi connectivity index (χ0v) is 14.3. The van der Waals surface area contributed by atoms with Gasteiger partial charge >= 0.3 is 0 Å². The third-order valence-corrected chi connectivity index (χ3v) is 4.72. The molecule has 2 fully saturated rings. The molecule has 1 aromatic rings. The number of rotatable bonds is 2. The van der Waals surface area contributed by atoms with Crippen LogP contribution in [-0.2, 0) is 9.59 Å². The molecule has 6 nitrogen and oxygen atoms in total. The van der Waals surface area contributed by atoms with Crippen LogP contribution >= 0.6 is 0 Å². The van der Waals surface area contributed by atoms with Gasteiger partial charge in [0, 0.05) is 19.2 Å². The molecule has 2 aliphatic heterocycles. The molecule has 9 heteroatoms.